The van der Waals surface area contributed by atoms with Gasteiger partial charge in [0.2, 0.25) is 5.91 Å². The van der Waals surface area contributed by atoms with Crippen LogP contribution in [0.5, 0.6) is 0 Å². The smallest absolute Gasteiger partial charge is 0.243 e. The first kappa shape index (κ1) is 20.7. The van der Waals surface area contributed by atoms with Gasteiger partial charge in [-0.2, -0.15) is 0 Å². The highest BCUT2D eigenvalue weighted by Gasteiger charge is 2.15. The number of ether oxygens (including phenoxy) is 2. The molecule has 0 aromatic carbocycles. The SMILES string of the molecule is CC(C)COCCCNC(=NCC(=O)N(C)C)NCC1CCCO1. The number of hydrogen-bond acceptors (Lipinski definition) is 4. The van der Waals surface area contributed by atoms with Gasteiger partial charge < -0.3 is 25.0 Å². The van der Waals surface area contributed by atoms with Crippen LogP contribution in [0.2, 0.25) is 0 Å². The first-order chi connectivity index (χ1) is 11.5. The Hall–Kier alpha value is -1.34. The topological polar surface area (TPSA) is 75.2 Å². The van der Waals surface area contributed by atoms with Crippen LogP contribution in [0.4, 0.5) is 0 Å². The summed E-state index contributed by atoms with van der Waals surface area (Å²) in [5, 5.41) is 6.53. The van der Waals surface area contributed by atoms with Gasteiger partial charge >= 0.3 is 0 Å². The molecular weight excluding hydrogens is 308 g/mol. The predicted molar refractivity (Wildman–Crippen MR) is 96.2 cm³/mol. The van der Waals surface area contributed by atoms with E-state index in [9.17, 15) is 4.79 Å². The molecule has 1 aliphatic heterocycles. The average Bonchev–Trinajstić information content (AvgIpc) is 3.05. The van der Waals surface area contributed by atoms with E-state index in [2.05, 4.69) is 29.5 Å². The Morgan fingerprint density at radius 3 is 2.79 bits per heavy atom. The molecule has 0 bridgehead atoms. The summed E-state index contributed by atoms with van der Waals surface area (Å²) in [4.78, 5) is 17.6. The minimum atomic E-state index is -0.0199. The van der Waals surface area contributed by atoms with E-state index in [0.717, 1.165) is 45.6 Å². The lowest BCUT2D eigenvalue weighted by Gasteiger charge is -2.16. The molecule has 1 saturated heterocycles. The predicted octanol–water partition coefficient (Wildman–Crippen LogP) is 0.852. The fourth-order valence-electron chi connectivity index (χ4n) is 2.18. The van der Waals surface area contributed by atoms with Crippen molar-refractivity contribution in [2.45, 2.75) is 39.2 Å². The van der Waals surface area contributed by atoms with Crippen molar-refractivity contribution in [3.05, 3.63) is 0 Å². The summed E-state index contributed by atoms with van der Waals surface area (Å²) in [5.41, 5.74) is 0. The highest BCUT2D eigenvalue weighted by molar-refractivity contribution is 5.84. The number of nitrogens with one attached hydrogen (secondary N) is 2. The molecular formula is C17H34N4O3. The Morgan fingerprint density at radius 2 is 2.17 bits per heavy atom. The standard InChI is InChI=1S/C17H34N4O3/c1-14(2)13-23-9-6-8-18-17(20-12-16(22)21(3)4)19-11-15-7-5-10-24-15/h14-15H,5-13H2,1-4H3,(H2,18,19,20). The molecule has 0 aromatic heterocycles. The normalized spacial score (nSPS) is 18.0. The summed E-state index contributed by atoms with van der Waals surface area (Å²) in [7, 11) is 3.47. The van der Waals surface area contributed by atoms with Crippen LogP contribution in [0.3, 0.4) is 0 Å². The van der Waals surface area contributed by atoms with Gasteiger partial charge in [0.1, 0.15) is 6.54 Å². The summed E-state index contributed by atoms with van der Waals surface area (Å²) >= 11 is 0. The van der Waals surface area contributed by atoms with E-state index in [1.54, 1.807) is 19.0 Å². The summed E-state index contributed by atoms with van der Waals surface area (Å²) in [6.45, 7) is 8.23. The van der Waals surface area contributed by atoms with Gasteiger partial charge in [0.15, 0.2) is 5.96 Å². The lowest BCUT2D eigenvalue weighted by atomic mass is 10.2. The zero-order valence-electron chi connectivity index (χ0n) is 15.6. The van der Waals surface area contributed by atoms with Gasteiger partial charge in [0, 0.05) is 47.0 Å². The van der Waals surface area contributed by atoms with E-state index in [0.29, 0.717) is 18.4 Å². The lowest BCUT2D eigenvalue weighted by molar-refractivity contribution is -0.127. The fraction of sp³-hybridized carbons (Fsp3) is 0.882. The minimum Gasteiger partial charge on any atom is -0.381 e. The van der Waals surface area contributed by atoms with Gasteiger partial charge in [-0.1, -0.05) is 13.8 Å². The highest BCUT2D eigenvalue weighted by atomic mass is 16.5. The number of amides is 1. The van der Waals surface area contributed by atoms with Gasteiger partial charge in [0.25, 0.3) is 0 Å². The van der Waals surface area contributed by atoms with E-state index in [1.807, 2.05) is 0 Å². The third-order valence-corrected chi connectivity index (χ3v) is 3.60. The van der Waals surface area contributed by atoms with Crippen LogP contribution in [0.25, 0.3) is 0 Å². The molecule has 1 rings (SSSR count). The second-order valence-corrected chi connectivity index (χ2v) is 6.72. The van der Waals surface area contributed by atoms with E-state index in [4.69, 9.17) is 9.47 Å². The van der Waals surface area contributed by atoms with Gasteiger partial charge in [-0.3, -0.25) is 4.79 Å². The third-order valence-electron chi connectivity index (χ3n) is 3.60. The van der Waals surface area contributed by atoms with Gasteiger partial charge in [-0.05, 0) is 25.2 Å². The maximum atomic E-state index is 11.7. The molecule has 0 spiro atoms. The van der Waals surface area contributed by atoms with Crippen molar-refractivity contribution in [2.24, 2.45) is 10.9 Å². The lowest BCUT2D eigenvalue weighted by Crippen LogP contribution is -2.42. The van der Waals surface area contributed by atoms with Crippen LogP contribution in [0, 0.1) is 5.92 Å². The molecule has 7 nitrogen and oxygen atoms in total. The van der Waals surface area contributed by atoms with Crippen molar-refractivity contribution in [3.8, 4) is 0 Å². The molecule has 1 fully saturated rings. The zero-order chi connectivity index (χ0) is 17.8. The first-order valence-electron chi connectivity index (χ1n) is 8.90. The summed E-state index contributed by atoms with van der Waals surface area (Å²) in [5.74, 6) is 1.19. The second kappa shape index (κ2) is 12.1. The Kier molecular flexibility index (Phi) is 10.4. The number of guanidine groups is 1. The molecule has 1 heterocycles. The summed E-state index contributed by atoms with van der Waals surface area (Å²) in [6.07, 6.45) is 3.31. The van der Waals surface area contributed by atoms with Crippen molar-refractivity contribution in [1.29, 1.82) is 0 Å². The molecule has 0 aliphatic carbocycles. The molecule has 1 amide bonds. The monoisotopic (exact) mass is 342 g/mol. The van der Waals surface area contributed by atoms with Crippen molar-refractivity contribution in [2.75, 3.05) is 53.6 Å². The molecule has 0 aromatic rings. The second-order valence-electron chi connectivity index (χ2n) is 6.72. The van der Waals surface area contributed by atoms with Crippen molar-refractivity contribution in [3.63, 3.8) is 0 Å². The van der Waals surface area contributed by atoms with Crippen molar-refractivity contribution in [1.82, 2.24) is 15.5 Å². The number of nitrogens with zero attached hydrogens (tertiary/aromatic N) is 2. The Labute approximate surface area is 146 Å². The maximum Gasteiger partial charge on any atom is 0.243 e. The van der Waals surface area contributed by atoms with Gasteiger partial charge in [0.05, 0.1) is 6.10 Å². The number of rotatable bonds is 10. The Balaban J connectivity index is 2.32. The molecule has 0 saturated carbocycles. The number of carbonyl (C=O) groups is 1. The Bertz CT molecular complexity index is 380. The summed E-state index contributed by atoms with van der Waals surface area (Å²) < 4.78 is 11.2. The summed E-state index contributed by atoms with van der Waals surface area (Å²) in [6, 6.07) is 0. The van der Waals surface area contributed by atoms with Crippen LogP contribution in [0.15, 0.2) is 4.99 Å². The van der Waals surface area contributed by atoms with E-state index in [1.165, 1.54) is 0 Å². The molecule has 24 heavy (non-hydrogen) atoms. The first-order valence-corrected chi connectivity index (χ1v) is 8.90. The largest absolute Gasteiger partial charge is 0.381 e. The average molecular weight is 342 g/mol. The highest BCUT2D eigenvalue weighted by Crippen LogP contribution is 2.10. The molecule has 1 aliphatic rings. The van der Waals surface area contributed by atoms with E-state index < -0.39 is 0 Å². The van der Waals surface area contributed by atoms with Crippen LogP contribution < -0.4 is 10.6 Å². The molecule has 7 heteroatoms. The van der Waals surface area contributed by atoms with E-state index >= 15 is 0 Å². The van der Waals surface area contributed by atoms with Gasteiger partial charge in [-0.25, -0.2) is 4.99 Å². The van der Waals surface area contributed by atoms with E-state index in [-0.39, 0.29) is 18.6 Å². The van der Waals surface area contributed by atoms with Crippen molar-refractivity contribution < 1.29 is 14.3 Å². The molecule has 0 radical (unpaired) electrons. The minimum absolute atomic E-state index is 0.0199. The molecule has 2 N–H and O–H groups in total. The number of likely N-dealkylation sites (N-methyl/N-ethyl adjacent to an activating group) is 1. The number of aliphatic imine (C=N–C) groups is 1. The number of hydrogen-bond donors (Lipinski definition) is 2. The molecule has 140 valence electrons. The van der Waals surface area contributed by atoms with Gasteiger partial charge in [-0.15, -0.1) is 0 Å². The molecule has 1 unspecified atom stereocenters. The fourth-order valence-corrected chi connectivity index (χ4v) is 2.18. The van der Waals surface area contributed by atoms with Crippen LogP contribution >= 0.6 is 0 Å². The van der Waals surface area contributed by atoms with Crippen LogP contribution in [-0.4, -0.2) is 76.4 Å². The van der Waals surface area contributed by atoms with Crippen LogP contribution in [0.1, 0.15) is 33.1 Å². The maximum absolute atomic E-state index is 11.7. The quantitative estimate of drug-likeness (QED) is 0.350. The third kappa shape index (κ3) is 9.72. The zero-order valence-corrected chi connectivity index (χ0v) is 15.6. The van der Waals surface area contributed by atoms with Crippen molar-refractivity contribution >= 4 is 11.9 Å². The Morgan fingerprint density at radius 1 is 1.38 bits per heavy atom. The molecule has 1 atom stereocenters. The van der Waals surface area contributed by atoms with Crippen LogP contribution in [-0.2, 0) is 14.3 Å². The number of carbonyl (C=O) groups excluding carboxylic acids is 1.